The van der Waals surface area contributed by atoms with Crippen molar-refractivity contribution in [2.24, 2.45) is 0 Å². The second-order valence-corrected chi connectivity index (χ2v) is 9.16. The van der Waals surface area contributed by atoms with Crippen LogP contribution in [0.3, 0.4) is 0 Å². The Kier molecular flexibility index (Phi) is 7.17. The number of carbonyl (C=O) groups excluding carboxylic acids is 1. The van der Waals surface area contributed by atoms with Gasteiger partial charge in [-0.3, -0.25) is 0 Å². The number of carbonyl (C=O) groups is 1. The SMILES string of the molecule is COC(=O)c1nnn(-c2cc(C(C)C)c(O)cc2O)c1-c1ccc(CNC2CCCCC2)cc1. The molecule has 180 valence electrons. The van der Waals surface area contributed by atoms with Crippen molar-refractivity contribution in [2.75, 3.05) is 7.11 Å². The number of phenolic OH excluding ortho intramolecular Hbond substituents is 2. The topological polar surface area (TPSA) is 110 Å². The lowest BCUT2D eigenvalue weighted by Crippen LogP contribution is -2.30. The van der Waals surface area contributed by atoms with E-state index >= 15 is 0 Å². The molecule has 0 atom stereocenters. The summed E-state index contributed by atoms with van der Waals surface area (Å²) in [6.45, 7) is 4.67. The van der Waals surface area contributed by atoms with Crippen LogP contribution in [0.2, 0.25) is 0 Å². The van der Waals surface area contributed by atoms with Gasteiger partial charge in [0.2, 0.25) is 0 Å². The fourth-order valence-corrected chi connectivity index (χ4v) is 4.51. The molecule has 1 aromatic heterocycles. The highest BCUT2D eigenvalue weighted by atomic mass is 16.5. The number of nitrogens with one attached hydrogen (secondary N) is 1. The Hall–Kier alpha value is -3.39. The van der Waals surface area contributed by atoms with Gasteiger partial charge in [-0.15, -0.1) is 5.10 Å². The van der Waals surface area contributed by atoms with Gasteiger partial charge in [0.05, 0.1) is 7.11 Å². The van der Waals surface area contributed by atoms with Crippen LogP contribution >= 0.6 is 0 Å². The van der Waals surface area contributed by atoms with Gasteiger partial charge in [0.15, 0.2) is 5.69 Å². The molecule has 8 heteroatoms. The number of phenols is 2. The minimum Gasteiger partial charge on any atom is -0.508 e. The number of rotatable bonds is 7. The molecule has 2 aromatic carbocycles. The van der Waals surface area contributed by atoms with E-state index in [1.165, 1.54) is 50.0 Å². The maximum atomic E-state index is 12.5. The average Bonchev–Trinajstić information content (AvgIpc) is 3.28. The van der Waals surface area contributed by atoms with E-state index in [2.05, 4.69) is 15.6 Å². The quantitative estimate of drug-likeness (QED) is 0.436. The molecule has 0 amide bonds. The summed E-state index contributed by atoms with van der Waals surface area (Å²) in [5.41, 5.74) is 3.29. The van der Waals surface area contributed by atoms with Crippen molar-refractivity contribution in [3.63, 3.8) is 0 Å². The maximum absolute atomic E-state index is 12.5. The smallest absolute Gasteiger partial charge is 0.360 e. The molecule has 0 spiro atoms. The highest BCUT2D eigenvalue weighted by Crippen LogP contribution is 2.36. The zero-order valence-electron chi connectivity index (χ0n) is 19.9. The second-order valence-electron chi connectivity index (χ2n) is 9.16. The van der Waals surface area contributed by atoms with Crippen molar-refractivity contribution in [3.8, 4) is 28.4 Å². The molecule has 4 rings (SSSR count). The van der Waals surface area contributed by atoms with Crippen LogP contribution in [-0.4, -0.2) is 44.3 Å². The summed E-state index contributed by atoms with van der Waals surface area (Å²) < 4.78 is 6.34. The van der Waals surface area contributed by atoms with Crippen LogP contribution in [0.4, 0.5) is 0 Å². The molecule has 0 radical (unpaired) electrons. The summed E-state index contributed by atoms with van der Waals surface area (Å²) in [6.07, 6.45) is 6.34. The van der Waals surface area contributed by atoms with Gasteiger partial charge in [-0.2, -0.15) is 0 Å². The Bertz CT molecular complexity index is 1150. The lowest BCUT2D eigenvalue weighted by atomic mass is 9.95. The van der Waals surface area contributed by atoms with Gasteiger partial charge in [0.1, 0.15) is 22.9 Å². The maximum Gasteiger partial charge on any atom is 0.360 e. The molecule has 1 heterocycles. The number of aromatic hydroxyl groups is 2. The van der Waals surface area contributed by atoms with Gasteiger partial charge in [-0.1, -0.05) is 62.6 Å². The van der Waals surface area contributed by atoms with Crippen molar-refractivity contribution in [2.45, 2.75) is 64.5 Å². The number of esters is 1. The predicted molar refractivity (Wildman–Crippen MR) is 129 cm³/mol. The molecule has 1 aliphatic carbocycles. The van der Waals surface area contributed by atoms with Crippen molar-refractivity contribution in [1.29, 1.82) is 0 Å². The molecule has 1 aliphatic rings. The zero-order chi connectivity index (χ0) is 24.2. The molecule has 1 saturated carbocycles. The summed E-state index contributed by atoms with van der Waals surface area (Å²) in [5.74, 6) is -0.771. The first kappa shape index (κ1) is 23.8. The van der Waals surface area contributed by atoms with E-state index < -0.39 is 5.97 Å². The van der Waals surface area contributed by atoms with Crippen LogP contribution < -0.4 is 5.32 Å². The molecule has 0 aliphatic heterocycles. The van der Waals surface area contributed by atoms with Crippen LogP contribution in [0.15, 0.2) is 36.4 Å². The summed E-state index contributed by atoms with van der Waals surface area (Å²) in [4.78, 5) is 12.5. The number of ether oxygens (including phenoxy) is 1. The summed E-state index contributed by atoms with van der Waals surface area (Å²) in [5, 5.41) is 32.7. The first-order valence-electron chi connectivity index (χ1n) is 11.8. The van der Waals surface area contributed by atoms with Gasteiger partial charge < -0.3 is 20.3 Å². The van der Waals surface area contributed by atoms with Crippen LogP contribution in [0.5, 0.6) is 11.5 Å². The van der Waals surface area contributed by atoms with Crippen molar-refractivity contribution in [3.05, 3.63) is 53.2 Å². The Morgan fingerprint density at radius 1 is 1.12 bits per heavy atom. The average molecular weight is 465 g/mol. The predicted octanol–water partition coefficient (Wildman–Crippen LogP) is 4.68. The van der Waals surface area contributed by atoms with E-state index in [-0.39, 0.29) is 23.1 Å². The summed E-state index contributed by atoms with van der Waals surface area (Å²) >= 11 is 0. The van der Waals surface area contributed by atoms with E-state index in [0.717, 1.165) is 12.1 Å². The second kappa shape index (κ2) is 10.3. The molecular weight excluding hydrogens is 432 g/mol. The van der Waals surface area contributed by atoms with Crippen LogP contribution in [0.25, 0.3) is 16.9 Å². The summed E-state index contributed by atoms with van der Waals surface area (Å²) in [6, 6.07) is 11.4. The Morgan fingerprint density at radius 2 is 1.82 bits per heavy atom. The molecule has 0 unspecified atom stereocenters. The minimum absolute atomic E-state index is 0.000857. The van der Waals surface area contributed by atoms with E-state index in [0.29, 0.717) is 28.6 Å². The van der Waals surface area contributed by atoms with Gasteiger partial charge >= 0.3 is 5.97 Å². The minimum atomic E-state index is -0.619. The number of nitrogens with zero attached hydrogens (tertiary/aromatic N) is 3. The fraction of sp³-hybridized carbons (Fsp3) is 0.423. The molecule has 3 N–H and O–H groups in total. The lowest BCUT2D eigenvalue weighted by Gasteiger charge is -2.22. The van der Waals surface area contributed by atoms with Gasteiger partial charge in [0, 0.05) is 24.2 Å². The molecular formula is C26H32N4O4. The number of benzene rings is 2. The third kappa shape index (κ3) is 4.92. The third-order valence-corrected chi connectivity index (χ3v) is 6.45. The van der Waals surface area contributed by atoms with E-state index in [1.807, 2.05) is 38.1 Å². The fourth-order valence-electron chi connectivity index (χ4n) is 4.51. The molecule has 3 aromatic rings. The van der Waals surface area contributed by atoms with Crippen LogP contribution in [-0.2, 0) is 11.3 Å². The largest absolute Gasteiger partial charge is 0.508 e. The van der Waals surface area contributed by atoms with Gasteiger partial charge in [-0.05, 0) is 36.0 Å². The standard InChI is InChI=1S/C26H32N4O4/c1-16(2)20-13-21(23(32)14-22(20)31)30-25(24(28-29-30)26(33)34-3)18-11-9-17(10-12-18)15-27-19-7-5-4-6-8-19/h9-14,16,19,27,31-32H,4-8,15H2,1-3H3. The van der Waals surface area contributed by atoms with E-state index in [4.69, 9.17) is 4.74 Å². The molecule has 1 fully saturated rings. The zero-order valence-corrected chi connectivity index (χ0v) is 19.9. The molecule has 0 bridgehead atoms. The van der Waals surface area contributed by atoms with Gasteiger partial charge in [0.25, 0.3) is 0 Å². The Morgan fingerprint density at radius 3 is 2.47 bits per heavy atom. The Labute approximate surface area is 199 Å². The van der Waals surface area contributed by atoms with E-state index in [1.54, 1.807) is 6.07 Å². The number of hydrogen-bond donors (Lipinski definition) is 3. The number of aromatic nitrogens is 3. The monoisotopic (exact) mass is 464 g/mol. The van der Waals surface area contributed by atoms with Crippen LogP contribution in [0.1, 0.15) is 73.5 Å². The highest BCUT2D eigenvalue weighted by Gasteiger charge is 2.25. The van der Waals surface area contributed by atoms with Crippen molar-refractivity contribution in [1.82, 2.24) is 20.3 Å². The summed E-state index contributed by atoms with van der Waals surface area (Å²) in [7, 11) is 1.29. The molecule has 34 heavy (non-hydrogen) atoms. The Balaban J connectivity index is 1.69. The lowest BCUT2D eigenvalue weighted by molar-refractivity contribution is 0.0595. The van der Waals surface area contributed by atoms with Crippen molar-refractivity contribution >= 4 is 5.97 Å². The third-order valence-electron chi connectivity index (χ3n) is 6.45. The van der Waals surface area contributed by atoms with Gasteiger partial charge in [-0.25, -0.2) is 9.48 Å². The first-order chi connectivity index (χ1) is 16.4. The number of hydrogen-bond acceptors (Lipinski definition) is 7. The van der Waals surface area contributed by atoms with E-state index in [9.17, 15) is 15.0 Å². The molecule has 8 nitrogen and oxygen atoms in total. The van der Waals surface area contributed by atoms with Crippen LogP contribution in [0, 0.1) is 0 Å². The number of methoxy groups -OCH3 is 1. The van der Waals surface area contributed by atoms with Crippen molar-refractivity contribution < 1.29 is 19.7 Å². The normalized spacial score (nSPS) is 14.5. The molecule has 0 saturated heterocycles. The first-order valence-corrected chi connectivity index (χ1v) is 11.8. The highest BCUT2D eigenvalue weighted by molar-refractivity contribution is 5.94.